The Morgan fingerprint density at radius 3 is 2.75 bits per heavy atom. The molecular formula is C15H22FNO3. The fourth-order valence-corrected chi connectivity index (χ4v) is 2.05. The molecule has 1 atom stereocenters. The second-order valence-corrected chi connectivity index (χ2v) is 5.16. The zero-order valence-electron chi connectivity index (χ0n) is 12.2. The average Bonchev–Trinajstić information content (AvgIpc) is 2.37. The third-order valence-corrected chi connectivity index (χ3v) is 3.06. The fourth-order valence-electron chi connectivity index (χ4n) is 2.05. The minimum absolute atomic E-state index is 0.0748. The highest BCUT2D eigenvalue weighted by atomic mass is 19.1. The number of benzene rings is 1. The van der Waals surface area contributed by atoms with E-state index in [0.717, 1.165) is 6.42 Å². The van der Waals surface area contributed by atoms with Gasteiger partial charge in [-0.15, -0.1) is 0 Å². The molecule has 4 nitrogen and oxygen atoms in total. The molecule has 5 heteroatoms. The highest BCUT2D eigenvalue weighted by molar-refractivity contribution is 5.89. The van der Waals surface area contributed by atoms with Gasteiger partial charge in [-0.05, 0) is 31.0 Å². The van der Waals surface area contributed by atoms with Gasteiger partial charge in [0.15, 0.2) is 0 Å². The van der Waals surface area contributed by atoms with E-state index in [2.05, 4.69) is 10.1 Å². The van der Waals surface area contributed by atoms with Crippen molar-refractivity contribution in [3.8, 4) is 0 Å². The standard InChI is InChI=1S/C15H22FNO3/c1-4-7-15(2,19)10-17-9-11-5-6-12(13(16)8-11)14(18)20-3/h5-6,8,17,19H,4,7,9-10H2,1-3H3. The van der Waals surface area contributed by atoms with Crippen LogP contribution in [0.3, 0.4) is 0 Å². The molecule has 0 aromatic heterocycles. The number of esters is 1. The van der Waals surface area contributed by atoms with Crippen molar-refractivity contribution in [2.24, 2.45) is 0 Å². The number of hydrogen-bond acceptors (Lipinski definition) is 4. The van der Waals surface area contributed by atoms with E-state index in [-0.39, 0.29) is 5.56 Å². The van der Waals surface area contributed by atoms with Gasteiger partial charge in [0.1, 0.15) is 5.82 Å². The van der Waals surface area contributed by atoms with Crippen molar-refractivity contribution in [1.82, 2.24) is 5.32 Å². The normalized spacial score (nSPS) is 13.8. The predicted molar refractivity (Wildman–Crippen MR) is 75.0 cm³/mol. The highest BCUT2D eigenvalue weighted by Crippen LogP contribution is 2.13. The maximum absolute atomic E-state index is 13.7. The van der Waals surface area contributed by atoms with Gasteiger partial charge in [-0.25, -0.2) is 9.18 Å². The number of rotatable bonds is 7. The van der Waals surface area contributed by atoms with Gasteiger partial charge in [0, 0.05) is 13.1 Å². The number of carbonyl (C=O) groups is 1. The molecule has 0 aliphatic heterocycles. The topological polar surface area (TPSA) is 58.6 Å². The van der Waals surface area contributed by atoms with Gasteiger partial charge in [0.25, 0.3) is 0 Å². The fraction of sp³-hybridized carbons (Fsp3) is 0.533. The van der Waals surface area contributed by atoms with Crippen LogP contribution in [0.1, 0.15) is 42.6 Å². The summed E-state index contributed by atoms with van der Waals surface area (Å²) >= 11 is 0. The van der Waals surface area contributed by atoms with Gasteiger partial charge in [-0.2, -0.15) is 0 Å². The van der Waals surface area contributed by atoms with E-state index in [9.17, 15) is 14.3 Å². The number of hydrogen-bond donors (Lipinski definition) is 2. The Balaban J connectivity index is 2.58. The molecule has 0 fully saturated rings. The third kappa shape index (κ3) is 4.90. The molecule has 0 heterocycles. The molecule has 0 saturated carbocycles. The first-order valence-corrected chi connectivity index (χ1v) is 6.69. The van der Waals surface area contributed by atoms with Crippen molar-refractivity contribution < 1.29 is 19.0 Å². The molecule has 20 heavy (non-hydrogen) atoms. The van der Waals surface area contributed by atoms with E-state index in [0.29, 0.717) is 25.1 Å². The second kappa shape index (κ2) is 7.36. The van der Waals surface area contributed by atoms with Gasteiger partial charge in [0.2, 0.25) is 0 Å². The maximum atomic E-state index is 13.7. The van der Waals surface area contributed by atoms with E-state index in [1.807, 2.05) is 6.92 Å². The second-order valence-electron chi connectivity index (χ2n) is 5.16. The number of halogens is 1. The summed E-state index contributed by atoms with van der Waals surface area (Å²) in [6.07, 6.45) is 1.60. The lowest BCUT2D eigenvalue weighted by Gasteiger charge is -2.23. The van der Waals surface area contributed by atoms with Gasteiger partial charge >= 0.3 is 5.97 Å². The summed E-state index contributed by atoms with van der Waals surface area (Å²) in [4.78, 5) is 11.3. The molecule has 0 saturated heterocycles. The Morgan fingerprint density at radius 1 is 1.50 bits per heavy atom. The van der Waals surface area contributed by atoms with Gasteiger partial charge in [0.05, 0.1) is 18.3 Å². The van der Waals surface area contributed by atoms with Gasteiger partial charge in [-0.3, -0.25) is 0 Å². The van der Waals surface area contributed by atoms with Crippen molar-refractivity contribution in [3.63, 3.8) is 0 Å². The summed E-state index contributed by atoms with van der Waals surface area (Å²) in [7, 11) is 1.22. The smallest absolute Gasteiger partial charge is 0.340 e. The van der Waals surface area contributed by atoms with Crippen LogP contribution in [0.5, 0.6) is 0 Å². The van der Waals surface area contributed by atoms with E-state index in [1.54, 1.807) is 13.0 Å². The SMILES string of the molecule is CCCC(C)(O)CNCc1ccc(C(=O)OC)c(F)c1. The molecule has 0 spiro atoms. The Hall–Kier alpha value is -1.46. The zero-order chi connectivity index (χ0) is 15.2. The molecule has 0 aliphatic rings. The summed E-state index contributed by atoms with van der Waals surface area (Å²) in [6.45, 7) is 4.64. The number of ether oxygens (including phenoxy) is 1. The van der Waals surface area contributed by atoms with Crippen LogP contribution in [-0.2, 0) is 11.3 Å². The van der Waals surface area contributed by atoms with Crippen LogP contribution in [-0.4, -0.2) is 30.3 Å². The molecule has 2 N–H and O–H groups in total. The third-order valence-electron chi connectivity index (χ3n) is 3.06. The van der Waals surface area contributed by atoms with Crippen LogP contribution in [0, 0.1) is 5.82 Å². The van der Waals surface area contributed by atoms with E-state index in [4.69, 9.17) is 0 Å². The quantitative estimate of drug-likeness (QED) is 0.754. The molecule has 0 amide bonds. The summed E-state index contributed by atoms with van der Waals surface area (Å²) in [5.74, 6) is -1.29. The van der Waals surface area contributed by atoms with E-state index < -0.39 is 17.4 Å². The Kier molecular flexibility index (Phi) is 6.10. The zero-order valence-corrected chi connectivity index (χ0v) is 12.2. The van der Waals surface area contributed by atoms with E-state index in [1.165, 1.54) is 19.2 Å². The molecule has 1 rings (SSSR count). The number of carbonyl (C=O) groups excluding carboxylic acids is 1. The lowest BCUT2D eigenvalue weighted by molar-refractivity contribution is 0.0498. The first kappa shape index (κ1) is 16.6. The monoisotopic (exact) mass is 283 g/mol. The summed E-state index contributed by atoms with van der Waals surface area (Å²) < 4.78 is 18.2. The largest absolute Gasteiger partial charge is 0.465 e. The molecule has 0 radical (unpaired) electrons. The van der Waals surface area contributed by atoms with Crippen molar-refractivity contribution in [1.29, 1.82) is 0 Å². The highest BCUT2D eigenvalue weighted by Gasteiger charge is 2.18. The van der Waals surface area contributed by atoms with Crippen molar-refractivity contribution in [2.45, 2.75) is 38.8 Å². The summed E-state index contributed by atoms with van der Waals surface area (Å²) in [5, 5.41) is 13.1. The maximum Gasteiger partial charge on any atom is 0.340 e. The van der Waals surface area contributed by atoms with Crippen LogP contribution < -0.4 is 5.32 Å². The van der Waals surface area contributed by atoms with Crippen LogP contribution in [0.25, 0.3) is 0 Å². The lowest BCUT2D eigenvalue weighted by Crippen LogP contribution is -2.37. The predicted octanol–water partition coefficient (Wildman–Crippen LogP) is 2.25. The Labute approximate surface area is 119 Å². The molecular weight excluding hydrogens is 261 g/mol. The summed E-state index contributed by atoms with van der Waals surface area (Å²) in [6, 6.07) is 4.37. The van der Waals surface area contributed by atoms with Crippen LogP contribution >= 0.6 is 0 Å². The molecule has 1 aromatic rings. The molecule has 1 unspecified atom stereocenters. The van der Waals surface area contributed by atoms with Crippen LogP contribution in [0.4, 0.5) is 4.39 Å². The molecule has 0 bridgehead atoms. The lowest BCUT2D eigenvalue weighted by atomic mass is 10.0. The number of nitrogens with one attached hydrogen (secondary N) is 1. The average molecular weight is 283 g/mol. The van der Waals surface area contributed by atoms with E-state index >= 15 is 0 Å². The van der Waals surface area contributed by atoms with Crippen molar-refractivity contribution in [2.75, 3.05) is 13.7 Å². The Morgan fingerprint density at radius 2 is 2.20 bits per heavy atom. The Bertz CT molecular complexity index is 460. The van der Waals surface area contributed by atoms with Crippen molar-refractivity contribution >= 4 is 5.97 Å². The summed E-state index contributed by atoms with van der Waals surface area (Å²) in [5.41, 5.74) is -0.129. The van der Waals surface area contributed by atoms with Crippen molar-refractivity contribution in [3.05, 3.63) is 35.1 Å². The van der Waals surface area contributed by atoms with Gasteiger partial charge in [-0.1, -0.05) is 19.4 Å². The minimum atomic E-state index is -0.765. The minimum Gasteiger partial charge on any atom is -0.465 e. The first-order chi connectivity index (χ1) is 9.39. The van der Waals surface area contributed by atoms with Gasteiger partial charge < -0.3 is 15.2 Å². The first-order valence-electron chi connectivity index (χ1n) is 6.69. The molecule has 0 aliphatic carbocycles. The molecule has 1 aromatic carbocycles. The number of aliphatic hydroxyl groups is 1. The number of methoxy groups -OCH3 is 1. The van der Waals surface area contributed by atoms with Crippen LogP contribution in [0.2, 0.25) is 0 Å². The van der Waals surface area contributed by atoms with Crippen LogP contribution in [0.15, 0.2) is 18.2 Å². The molecule has 112 valence electrons.